The summed E-state index contributed by atoms with van der Waals surface area (Å²) in [6, 6.07) is 5.90. The summed E-state index contributed by atoms with van der Waals surface area (Å²) in [6.45, 7) is 7.65. The largest absolute Gasteiger partial charge is 0.493 e. The Morgan fingerprint density at radius 1 is 1.19 bits per heavy atom. The highest BCUT2D eigenvalue weighted by Gasteiger charge is 2.08. The van der Waals surface area contributed by atoms with Crippen molar-refractivity contribution in [3.8, 4) is 11.5 Å². The molecule has 0 unspecified atom stereocenters. The van der Waals surface area contributed by atoms with Gasteiger partial charge in [0.05, 0.1) is 26.0 Å². The van der Waals surface area contributed by atoms with Crippen LogP contribution >= 0.6 is 0 Å². The third kappa shape index (κ3) is 5.40. The number of hydrogen-bond donors (Lipinski definition) is 2. The molecule has 0 saturated heterocycles. The third-order valence-corrected chi connectivity index (χ3v) is 3.85. The predicted molar refractivity (Wildman–Crippen MR) is 102 cm³/mol. The van der Waals surface area contributed by atoms with E-state index < -0.39 is 0 Å². The standard InChI is InChI=1S/C19H28N4O3/c1-6-9-25-16-8-7-15(10-17(16)24-5)11-21-19(20-4)22-12-18-23-13(2)14(3)26-18/h7-8,10H,6,9,11-12H2,1-5H3,(H2,20,21,22). The third-order valence-electron chi connectivity index (χ3n) is 3.85. The lowest BCUT2D eigenvalue weighted by Crippen LogP contribution is -2.36. The Morgan fingerprint density at radius 3 is 2.58 bits per heavy atom. The average molecular weight is 360 g/mol. The Kier molecular flexibility index (Phi) is 7.32. The molecular formula is C19H28N4O3. The van der Waals surface area contributed by atoms with Gasteiger partial charge in [-0.3, -0.25) is 4.99 Å². The van der Waals surface area contributed by atoms with E-state index >= 15 is 0 Å². The van der Waals surface area contributed by atoms with Crippen molar-refractivity contribution in [1.29, 1.82) is 0 Å². The van der Waals surface area contributed by atoms with Gasteiger partial charge in [-0.15, -0.1) is 0 Å². The Morgan fingerprint density at radius 2 is 1.96 bits per heavy atom. The first kappa shape index (κ1) is 19.6. The van der Waals surface area contributed by atoms with Crippen LogP contribution in [-0.2, 0) is 13.1 Å². The van der Waals surface area contributed by atoms with Gasteiger partial charge in [0.15, 0.2) is 17.5 Å². The first-order valence-electron chi connectivity index (χ1n) is 8.74. The van der Waals surface area contributed by atoms with Crippen LogP contribution in [0.1, 0.15) is 36.3 Å². The van der Waals surface area contributed by atoms with Gasteiger partial charge < -0.3 is 24.5 Å². The molecule has 1 heterocycles. The van der Waals surface area contributed by atoms with E-state index in [1.807, 2.05) is 32.0 Å². The molecule has 26 heavy (non-hydrogen) atoms. The van der Waals surface area contributed by atoms with Crippen LogP contribution in [0.5, 0.6) is 11.5 Å². The van der Waals surface area contributed by atoms with Gasteiger partial charge in [-0.2, -0.15) is 0 Å². The molecule has 0 saturated carbocycles. The highest BCUT2D eigenvalue weighted by atomic mass is 16.5. The number of benzene rings is 1. The van der Waals surface area contributed by atoms with E-state index in [4.69, 9.17) is 13.9 Å². The summed E-state index contributed by atoms with van der Waals surface area (Å²) >= 11 is 0. The molecule has 2 N–H and O–H groups in total. The van der Waals surface area contributed by atoms with Gasteiger partial charge in [-0.25, -0.2) is 4.98 Å². The van der Waals surface area contributed by atoms with Gasteiger partial charge in [0.2, 0.25) is 5.89 Å². The summed E-state index contributed by atoms with van der Waals surface area (Å²) in [5.74, 6) is 3.63. The molecule has 1 aromatic heterocycles. The molecule has 1 aromatic carbocycles. The van der Waals surface area contributed by atoms with Gasteiger partial charge in [0, 0.05) is 13.6 Å². The van der Waals surface area contributed by atoms with Crippen molar-refractivity contribution in [2.24, 2.45) is 4.99 Å². The Labute approximate surface area is 154 Å². The van der Waals surface area contributed by atoms with E-state index in [-0.39, 0.29) is 0 Å². The average Bonchev–Trinajstić information content (AvgIpc) is 2.98. The minimum atomic E-state index is 0.474. The van der Waals surface area contributed by atoms with Crippen LogP contribution in [0.15, 0.2) is 27.6 Å². The number of nitrogens with one attached hydrogen (secondary N) is 2. The second kappa shape index (κ2) is 9.70. The maximum atomic E-state index is 5.68. The van der Waals surface area contributed by atoms with Crippen LogP contribution in [0.4, 0.5) is 0 Å². The summed E-state index contributed by atoms with van der Waals surface area (Å²) < 4.78 is 16.7. The molecule has 0 aliphatic carbocycles. The number of hydrogen-bond acceptors (Lipinski definition) is 5. The molecule has 0 aliphatic heterocycles. The summed E-state index contributed by atoms with van der Waals surface area (Å²) in [6.07, 6.45) is 0.956. The molecular weight excluding hydrogens is 332 g/mol. The van der Waals surface area contributed by atoms with Crippen LogP contribution in [0, 0.1) is 13.8 Å². The molecule has 142 valence electrons. The molecule has 7 heteroatoms. The highest BCUT2D eigenvalue weighted by molar-refractivity contribution is 5.79. The summed E-state index contributed by atoms with van der Waals surface area (Å²) in [5, 5.41) is 6.46. The van der Waals surface area contributed by atoms with E-state index in [1.54, 1.807) is 14.2 Å². The van der Waals surface area contributed by atoms with Crippen LogP contribution in [0.2, 0.25) is 0 Å². The first-order chi connectivity index (χ1) is 12.6. The molecule has 0 aliphatic rings. The van der Waals surface area contributed by atoms with Crippen LogP contribution in [-0.4, -0.2) is 31.7 Å². The van der Waals surface area contributed by atoms with E-state index in [0.717, 1.165) is 34.9 Å². The van der Waals surface area contributed by atoms with Gasteiger partial charge in [-0.1, -0.05) is 13.0 Å². The van der Waals surface area contributed by atoms with Gasteiger partial charge >= 0.3 is 0 Å². The zero-order valence-electron chi connectivity index (χ0n) is 16.2. The normalized spacial score (nSPS) is 11.3. The lowest BCUT2D eigenvalue weighted by molar-refractivity contribution is 0.294. The van der Waals surface area contributed by atoms with Gasteiger partial charge in [-0.05, 0) is 38.0 Å². The quantitative estimate of drug-likeness (QED) is 0.556. The SMILES string of the molecule is CCCOc1ccc(CNC(=NC)NCc2nc(C)c(C)o2)cc1OC. The number of guanidine groups is 1. The summed E-state index contributed by atoms with van der Waals surface area (Å²) in [4.78, 5) is 8.57. The number of ether oxygens (including phenoxy) is 2. The zero-order chi connectivity index (χ0) is 18.9. The van der Waals surface area contributed by atoms with Gasteiger partial charge in [0.1, 0.15) is 5.76 Å². The smallest absolute Gasteiger partial charge is 0.214 e. The van der Waals surface area contributed by atoms with Crippen molar-refractivity contribution in [3.63, 3.8) is 0 Å². The van der Waals surface area contributed by atoms with Crippen LogP contribution in [0.3, 0.4) is 0 Å². The lowest BCUT2D eigenvalue weighted by Gasteiger charge is -2.13. The predicted octanol–water partition coefficient (Wildman–Crippen LogP) is 2.95. The monoisotopic (exact) mass is 360 g/mol. The molecule has 0 radical (unpaired) electrons. The number of rotatable bonds is 8. The molecule has 0 atom stereocenters. The summed E-state index contributed by atoms with van der Waals surface area (Å²) in [7, 11) is 3.37. The highest BCUT2D eigenvalue weighted by Crippen LogP contribution is 2.28. The first-order valence-corrected chi connectivity index (χ1v) is 8.74. The number of nitrogens with zero attached hydrogens (tertiary/aromatic N) is 2. The molecule has 0 spiro atoms. The van der Waals surface area contributed by atoms with Crippen molar-refractivity contribution < 1.29 is 13.9 Å². The van der Waals surface area contributed by atoms with Crippen molar-refractivity contribution >= 4 is 5.96 Å². The fourth-order valence-electron chi connectivity index (χ4n) is 2.33. The Hall–Kier alpha value is -2.70. The van der Waals surface area contributed by atoms with E-state index in [0.29, 0.717) is 31.5 Å². The molecule has 0 fully saturated rings. The van der Waals surface area contributed by atoms with Crippen LogP contribution < -0.4 is 20.1 Å². The minimum Gasteiger partial charge on any atom is -0.493 e. The number of aromatic nitrogens is 1. The number of oxazole rings is 1. The second-order valence-electron chi connectivity index (χ2n) is 5.86. The molecule has 2 aromatic rings. The second-order valence-corrected chi connectivity index (χ2v) is 5.86. The van der Waals surface area contributed by atoms with Crippen molar-refractivity contribution in [3.05, 3.63) is 41.1 Å². The maximum absolute atomic E-state index is 5.68. The molecule has 7 nitrogen and oxygen atoms in total. The minimum absolute atomic E-state index is 0.474. The molecule has 0 amide bonds. The maximum Gasteiger partial charge on any atom is 0.214 e. The van der Waals surface area contributed by atoms with E-state index in [9.17, 15) is 0 Å². The Bertz CT molecular complexity index is 721. The van der Waals surface area contributed by atoms with E-state index in [1.165, 1.54) is 0 Å². The molecule has 0 bridgehead atoms. The number of methoxy groups -OCH3 is 1. The fourth-order valence-corrected chi connectivity index (χ4v) is 2.33. The van der Waals surface area contributed by atoms with Gasteiger partial charge in [0.25, 0.3) is 0 Å². The van der Waals surface area contributed by atoms with Crippen LogP contribution in [0.25, 0.3) is 0 Å². The topological polar surface area (TPSA) is 80.9 Å². The van der Waals surface area contributed by atoms with E-state index in [2.05, 4.69) is 27.5 Å². The molecule has 2 rings (SSSR count). The summed E-state index contributed by atoms with van der Waals surface area (Å²) in [5.41, 5.74) is 1.97. The number of aliphatic imine (C=N–C) groups is 1. The van der Waals surface area contributed by atoms with Crippen molar-refractivity contribution in [2.45, 2.75) is 40.3 Å². The van der Waals surface area contributed by atoms with Crippen molar-refractivity contribution in [1.82, 2.24) is 15.6 Å². The zero-order valence-corrected chi connectivity index (χ0v) is 16.2. The fraction of sp³-hybridized carbons (Fsp3) is 0.474. The number of aryl methyl sites for hydroxylation is 2. The van der Waals surface area contributed by atoms with Crippen molar-refractivity contribution in [2.75, 3.05) is 20.8 Å². The lowest BCUT2D eigenvalue weighted by atomic mass is 10.2. The Balaban J connectivity index is 1.91.